The summed E-state index contributed by atoms with van der Waals surface area (Å²) in [5.41, 5.74) is 1.87. The van der Waals surface area contributed by atoms with E-state index in [1.807, 2.05) is 45.0 Å². The monoisotopic (exact) mass is 294 g/mol. The molecule has 0 aromatic heterocycles. The number of hydrogen-bond acceptors (Lipinski definition) is 3. The van der Waals surface area contributed by atoms with Gasteiger partial charge in [-0.25, -0.2) is 4.79 Å². The van der Waals surface area contributed by atoms with Crippen molar-refractivity contribution in [3.05, 3.63) is 35.4 Å². The molecule has 0 saturated carbocycles. The van der Waals surface area contributed by atoms with E-state index in [1.54, 1.807) is 7.11 Å². The van der Waals surface area contributed by atoms with Crippen LogP contribution in [-0.2, 0) is 17.9 Å². The first-order chi connectivity index (χ1) is 9.82. The van der Waals surface area contributed by atoms with Crippen molar-refractivity contribution in [2.75, 3.05) is 13.7 Å². The second-order valence-corrected chi connectivity index (χ2v) is 6.19. The second kappa shape index (κ2) is 8.00. The van der Waals surface area contributed by atoms with Gasteiger partial charge >= 0.3 is 6.03 Å². The molecule has 0 spiro atoms. The van der Waals surface area contributed by atoms with E-state index in [0.717, 1.165) is 11.1 Å². The molecule has 2 amide bonds. The highest BCUT2D eigenvalue weighted by Crippen LogP contribution is 2.17. The van der Waals surface area contributed by atoms with E-state index in [0.29, 0.717) is 13.2 Å². The lowest BCUT2D eigenvalue weighted by atomic mass is 9.89. The maximum Gasteiger partial charge on any atom is 0.315 e. The molecule has 1 unspecified atom stereocenters. The molecule has 0 fully saturated rings. The average molecular weight is 294 g/mol. The Morgan fingerprint density at radius 3 is 2.29 bits per heavy atom. The normalized spacial score (nSPS) is 12.8. The van der Waals surface area contributed by atoms with Crippen LogP contribution in [0.5, 0.6) is 0 Å². The molecule has 0 aliphatic rings. The smallest absolute Gasteiger partial charge is 0.315 e. The molecule has 1 aromatic carbocycles. The molecule has 21 heavy (non-hydrogen) atoms. The molecule has 1 rings (SSSR count). The van der Waals surface area contributed by atoms with Crippen LogP contribution in [0.2, 0.25) is 0 Å². The molecule has 0 heterocycles. The maximum atomic E-state index is 11.7. The summed E-state index contributed by atoms with van der Waals surface area (Å²) in [6.45, 7) is 7.06. The lowest BCUT2D eigenvalue weighted by Crippen LogP contribution is -2.43. The molecule has 1 atom stereocenters. The van der Waals surface area contributed by atoms with Gasteiger partial charge in [0.05, 0.1) is 12.7 Å². The highest BCUT2D eigenvalue weighted by atomic mass is 16.5. The highest BCUT2D eigenvalue weighted by Gasteiger charge is 2.22. The van der Waals surface area contributed by atoms with Crippen molar-refractivity contribution in [3.63, 3.8) is 0 Å². The van der Waals surface area contributed by atoms with Gasteiger partial charge in [-0.2, -0.15) is 0 Å². The lowest BCUT2D eigenvalue weighted by Gasteiger charge is -2.25. The first-order valence-electron chi connectivity index (χ1n) is 7.09. The van der Waals surface area contributed by atoms with E-state index in [4.69, 9.17) is 4.74 Å². The number of aliphatic hydroxyl groups is 1. The minimum Gasteiger partial charge on any atom is -0.391 e. The van der Waals surface area contributed by atoms with Crippen LogP contribution in [0.4, 0.5) is 4.79 Å². The predicted molar refractivity (Wildman–Crippen MR) is 82.9 cm³/mol. The Kier molecular flexibility index (Phi) is 6.65. The van der Waals surface area contributed by atoms with Crippen LogP contribution >= 0.6 is 0 Å². The summed E-state index contributed by atoms with van der Waals surface area (Å²) >= 11 is 0. The number of carbonyl (C=O) groups is 1. The Labute approximate surface area is 126 Å². The molecule has 5 nitrogen and oxygen atoms in total. The summed E-state index contributed by atoms with van der Waals surface area (Å²) < 4.78 is 5.04. The van der Waals surface area contributed by atoms with Gasteiger partial charge in [-0.1, -0.05) is 45.0 Å². The van der Waals surface area contributed by atoms with E-state index in [1.165, 1.54) is 0 Å². The molecule has 0 saturated heterocycles. The van der Waals surface area contributed by atoms with Crippen molar-refractivity contribution in [1.29, 1.82) is 0 Å². The van der Waals surface area contributed by atoms with Crippen molar-refractivity contribution in [3.8, 4) is 0 Å². The topological polar surface area (TPSA) is 70.6 Å². The number of carbonyl (C=O) groups excluding carboxylic acids is 1. The molecule has 3 N–H and O–H groups in total. The number of ether oxygens (including phenoxy) is 1. The van der Waals surface area contributed by atoms with Gasteiger partial charge in [0.2, 0.25) is 0 Å². The Balaban J connectivity index is 2.32. The Morgan fingerprint density at radius 1 is 1.19 bits per heavy atom. The summed E-state index contributed by atoms with van der Waals surface area (Å²) in [7, 11) is 1.66. The molecule has 0 bridgehead atoms. The standard InChI is InChI=1S/C16H26N2O3/c1-16(2,3)14(19)10-18-15(20)17-9-12-5-7-13(8-6-12)11-21-4/h5-8,14,19H,9-11H2,1-4H3,(H2,17,18,20). The van der Waals surface area contributed by atoms with Gasteiger partial charge in [0.1, 0.15) is 0 Å². The molecule has 118 valence electrons. The van der Waals surface area contributed by atoms with Crippen LogP contribution in [0.15, 0.2) is 24.3 Å². The number of benzene rings is 1. The summed E-state index contributed by atoms with van der Waals surface area (Å²) in [4.78, 5) is 11.7. The maximum absolute atomic E-state index is 11.7. The van der Waals surface area contributed by atoms with Gasteiger partial charge in [0.25, 0.3) is 0 Å². The third kappa shape index (κ3) is 6.60. The molecular weight excluding hydrogens is 268 g/mol. The Morgan fingerprint density at radius 2 is 1.76 bits per heavy atom. The van der Waals surface area contributed by atoms with Crippen molar-refractivity contribution in [1.82, 2.24) is 10.6 Å². The first-order valence-corrected chi connectivity index (χ1v) is 7.09. The lowest BCUT2D eigenvalue weighted by molar-refractivity contribution is 0.0650. The number of rotatable bonds is 6. The van der Waals surface area contributed by atoms with Crippen molar-refractivity contribution >= 4 is 6.03 Å². The third-order valence-electron chi connectivity index (χ3n) is 3.24. The van der Waals surface area contributed by atoms with E-state index in [-0.39, 0.29) is 18.0 Å². The zero-order chi connectivity index (χ0) is 15.9. The largest absolute Gasteiger partial charge is 0.391 e. The SMILES string of the molecule is COCc1ccc(CNC(=O)NCC(O)C(C)(C)C)cc1. The van der Waals surface area contributed by atoms with Crippen LogP contribution < -0.4 is 10.6 Å². The summed E-state index contributed by atoms with van der Waals surface area (Å²) in [5, 5.41) is 15.3. The first kappa shape index (κ1) is 17.5. The van der Waals surface area contributed by atoms with Crippen LogP contribution in [-0.4, -0.2) is 30.9 Å². The van der Waals surface area contributed by atoms with Gasteiger partial charge in [-0.15, -0.1) is 0 Å². The zero-order valence-corrected chi connectivity index (χ0v) is 13.3. The minimum atomic E-state index is -0.573. The van der Waals surface area contributed by atoms with E-state index >= 15 is 0 Å². The van der Waals surface area contributed by atoms with Crippen LogP contribution in [0.1, 0.15) is 31.9 Å². The minimum absolute atomic E-state index is 0.238. The number of amides is 2. The molecule has 0 aliphatic heterocycles. The van der Waals surface area contributed by atoms with Crippen LogP contribution in [0, 0.1) is 5.41 Å². The van der Waals surface area contributed by atoms with Gasteiger partial charge in [-0.05, 0) is 16.5 Å². The van der Waals surface area contributed by atoms with Crippen LogP contribution in [0.25, 0.3) is 0 Å². The van der Waals surface area contributed by atoms with Gasteiger partial charge in [-0.3, -0.25) is 0 Å². The highest BCUT2D eigenvalue weighted by molar-refractivity contribution is 5.73. The molecule has 0 aliphatic carbocycles. The van der Waals surface area contributed by atoms with Gasteiger partial charge < -0.3 is 20.5 Å². The fraction of sp³-hybridized carbons (Fsp3) is 0.562. The average Bonchev–Trinajstić information content (AvgIpc) is 2.43. The summed E-state index contributed by atoms with van der Waals surface area (Å²) in [6.07, 6.45) is -0.573. The van der Waals surface area contributed by atoms with E-state index < -0.39 is 6.10 Å². The van der Waals surface area contributed by atoms with Gasteiger partial charge in [0, 0.05) is 20.2 Å². The van der Waals surface area contributed by atoms with Crippen molar-refractivity contribution < 1.29 is 14.6 Å². The Hall–Kier alpha value is -1.59. The predicted octanol–water partition coefficient (Wildman–Crippen LogP) is 2.04. The molecule has 1 aromatic rings. The van der Waals surface area contributed by atoms with Crippen LogP contribution in [0.3, 0.4) is 0 Å². The number of methoxy groups -OCH3 is 1. The van der Waals surface area contributed by atoms with Crippen molar-refractivity contribution in [2.45, 2.75) is 40.0 Å². The number of nitrogens with one attached hydrogen (secondary N) is 2. The molecular formula is C16H26N2O3. The number of aliphatic hydroxyl groups excluding tert-OH is 1. The van der Waals surface area contributed by atoms with E-state index in [2.05, 4.69) is 10.6 Å². The Bertz CT molecular complexity index is 438. The summed E-state index contributed by atoms with van der Waals surface area (Å²) in [5.74, 6) is 0. The molecule has 0 radical (unpaired) electrons. The fourth-order valence-corrected chi connectivity index (χ4v) is 1.66. The summed E-state index contributed by atoms with van der Waals surface area (Å²) in [6, 6.07) is 7.58. The van der Waals surface area contributed by atoms with Crippen molar-refractivity contribution in [2.24, 2.45) is 5.41 Å². The van der Waals surface area contributed by atoms with Gasteiger partial charge in [0.15, 0.2) is 0 Å². The quantitative estimate of drug-likeness (QED) is 0.752. The number of urea groups is 1. The second-order valence-electron chi connectivity index (χ2n) is 6.19. The van der Waals surface area contributed by atoms with E-state index in [9.17, 15) is 9.90 Å². The number of hydrogen-bond donors (Lipinski definition) is 3. The molecule has 5 heteroatoms. The fourth-order valence-electron chi connectivity index (χ4n) is 1.66. The third-order valence-corrected chi connectivity index (χ3v) is 3.24. The zero-order valence-electron chi connectivity index (χ0n) is 13.3.